The van der Waals surface area contributed by atoms with Gasteiger partial charge in [0.1, 0.15) is 18.2 Å². The van der Waals surface area contributed by atoms with Crippen LogP contribution in [-0.2, 0) is 19.0 Å². The quantitative estimate of drug-likeness (QED) is 0.731. The van der Waals surface area contributed by atoms with Gasteiger partial charge in [-0.2, -0.15) is 0 Å². The molecule has 1 aliphatic carbocycles. The maximum Gasteiger partial charge on any atom is 0.360 e. The zero-order valence-corrected chi connectivity index (χ0v) is 12.7. The van der Waals surface area contributed by atoms with Gasteiger partial charge in [-0.3, -0.25) is 4.79 Å². The molecule has 1 amide bonds. The van der Waals surface area contributed by atoms with Gasteiger partial charge in [-0.05, 0) is 12.8 Å². The molecule has 4 rings (SSSR count). The molecule has 1 aromatic heterocycles. The first-order chi connectivity index (χ1) is 11.2. The predicted octanol–water partition coefficient (Wildman–Crippen LogP) is -0.702. The van der Waals surface area contributed by atoms with Crippen molar-refractivity contribution in [2.75, 3.05) is 20.3 Å². The first-order valence-corrected chi connectivity index (χ1v) is 7.71. The number of methoxy groups -OCH3 is 1. The lowest BCUT2D eigenvalue weighted by Crippen LogP contribution is -2.44. The molecule has 9 heteroatoms. The number of carbonyl (C=O) groups is 2. The van der Waals surface area contributed by atoms with Gasteiger partial charge in [-0.25, -0.2) is 9.48 Å². The molecule has 3 heterocycles. The lowest BCUT2D eigenvalue weighted by Gasteiger charge is -2.17. The Balaban J connectivity index is 1.43. The fourth-order valence-corrected chi connectivity index (χ4v) is 3.11. The van der Waals surface area contributed by atoms with Gasteiger partial charge in [0.2, 0.25) is 5.91 Å². The van der Waals surface area contributed by atoms with Gasteiger partial charge in [0.25, 0.3) is 0 Å². The van der Waals surface area contributed by atoms with E-state index in [1.165, 1.54) is 13.3 Å². The van der Waals surface area contributed by atoms with E-state index in [4.69, 9.17) is 9.47 Å². The highest BCUT2D eigenvalue weighted by molar-refractivity contribution is 5.86. The van der Waals surface area contributed by atoms with E-state index in [2.05, 4.69) is 20.4 Å². The molecule has 1 aromatic rings. The molecule has 3 aliphatic rings. The third kappa shape index (κ3) is 2.59. The third-order valence-electron chi connectivity index (χ3n) is 4.55. The van der Waals surface area contributed by atoms with Crippen LogP contribution in [-0.4, -0.2) is 65.4 Å². The van der Waals surface area contributed by atoms with Crippen LogP contribution in [0, 0.1) is 5.92 Å². The highest BCUT2D eigenvalue weighted by atomic mass is 16.6. The van der Waals surface area contributed by atoms with Crippen LogP contribution in [0.1, 0.15) is 29.4 Å². The average Bonchev–Trinajstić information content (AvgIpc) is 2.97. The minimum atomic E-state index is -0.534. The summed E-state index contributed by atoms with van der Waals surface area (Å²) in [5.41, 5.74) is 0.146. The third-order valence-corrected chi connectivity index (χ3v) is 4.55. The number of fused-ring (bicyclic) bond motifs is 1. The van der Waals surface area contributed by atoms with Crippen LogP contribution in [0.2, 0.25) is 0 Å². The molecule has 0 bridgehead atoms. The lowest BCUT2D eigenvalue weighted by atomic mass is 10.1. The van der Waals surface area contributed by atoms with Gasteiger partial charge < -0.3 is 19.5 Å². The van der Waals surface area contributed by atoms with Crippen molar-refractivity contribution in [1.29, 1.82) is 0 Å². The van der Waals surface area contributed by atoms with Crippen molar-refractivity contribution < 1.29 is 23.8 Å². The van der Waals surface area contributed by atoms with Crippen molar-refractivity contribution in [3.8, 4) is 0 Å². The summed E-state index contributed by atoms with van der Waals surface area (Å²) < 4.78 is 17.8. The molecule has 2 aliphatic heterocycles. The number of aromatic nitrogens is 3. The van der Waals surface area contributed by atoms with Gasteiger partial charge in [0, 0.05) is 5.92 Å². The first kappa shape index (κ1) is 14.6. The van der Waals surface area contributed by atoms with E-state index in [9.17, 15) is 9.59 Å². The van der Waals surface area contributed by atoms with Crippen LogP contribution < -0.4 is 5.32 Å². The number of hydrogen-bond acceptors (Lipinski definition) is 7. The van der Waals surface area contributed by atoms with Gasteiger partial charge in [0.05, 0.1) is 32.6 Å². The van der Waals surface area contributed by atoms with Gasteiger partial charge >= 0.3 is 5.97 Å². The minimum Gasteiger partial charge on any atom is -0.464 e. The number of ether oxygens (including phenoxy) is 3. The van der Waals surface area contributed by atoms with Crippen molar-refractivity contribution in [1.82, 2.24) is 20.3 Å². The normalized spacial score (nSPS) is 32.6. The van der Waals surface area contributed by atoms with E-state index in [1.807, 2.05) is 0 Å². The number of carbonyl (C=O) groups excluding carboxylic acids is 2. The number of rotatable bonds is 4. The molecule has 23 heavy (non-hydrogen) atoms. The summed E-state index contributed by atoms with van der Waals surface area (Å²) in [5, 5.41) is 10.8. The number of nitrogens with zero attached hydrogens (tertiary/aromatic N) is 3. The van der Waals surface area contributed by atoms with Crippen LogP contribution in [0.15, 0.2) is 6.20 Å². The topological polar surface area (TPSA) is 105 Å². The minimum absolute atomic E-state index is 0.0834. The highest BCUT2D eigenvalue weighted by Gasteiger charge is 2.50. The molecule has 2 saturated heterocycles. The number of hydrogen-bond donors (Lipinski definition) is 1. The van der Waals surface area contributed by atoms with Crippen LogP contribution >= 0.6 is 0 Å². The van der Waals surface area contributed by atoms with Crippen molar-refractivity contribution >= 4 is 11.9 Å². The standard InChI is InChI=1S/C14H18N4O5/c1-21-14(20)8-4-18(17-16-8)10-6-23-11-9(5-22-12(10)11)15-13(19)7-2-3-7/h4,7,9-12H,2-3,5-6H2,1H3,(H,15,19). The summed E-state index contributed by atoms with van der Waals surface area (Å²) in [6, 6.07) is -0.310. The van der Waals surface area contributed by atoms with Crippen LogP contribution in [0.4, 0.5) is 0 Å². The van der Waals surface area contributed by atoms with Crippen LogP contribution in [0.3, 0.4) is 0 Å². The molecule has 0 radical (unpaired) electrons. The van der Waals surface area contributed by atoms with Crippen LogP contribution in [0.25, 0.3) is 0 Å². The molecule has 124 valence electrons. The SMILES string of the molecule is COC(=O)c1cn(C2COC3C(NC(=O)C4CC4)COC32)nn1. The molecule has 0 aromatic carbocycles. The monoisotopic (exact) mass is 322 g/mol. The van der Waals surface area contributed by atoms with E-state index in [0.717, 1.165) is 12.8 Å². The van der Waals surface area contributed by atoms with Crippen molar-refractivity contribution in [2.24, 2.45) is 5.92 Å². The number of nitrogens with one attached hydrogen (secondary N) is 1. The number of esters is 1. The average molecular weight is 322 g/mol. The molecule has 4 unspecified atom stereocenters. The summed E-state index contributed by atoms with van der Waals surface area (Å²) in [4.78, 5) is 23.4. The Morgan fingerprint density at radius 1 is 1.30 bits per heavy atom. The molecular formula is C14H18N4O5. The fourth-order valence-electron chi connectivity index (χ4n) is 3.11. The number of amides is 1. The van der Waals surface area contributed by atoms with Crippen molar-refractivity contribution in [3.63, 3.8) is 0 Å². The second kappa shape index (κ2) is 5.57. The Labute approximate surface area is 132 Å². The molecule has 3 fully saturated rings. The summed E-state index contributed by atoms with van der Waals surface area (Å²) in [7, 11) is 1.29. The van der Waals surface area contributed by atoms with Gasteiger partial charge in [0.15, 0.2) is 5.69 Å². The van der Waals surface area contributed by atoms with Gasteiger partial charge in [-0.1, -0.05) is 5.21 Å². The summed E-state index contributed by atoms with van der Waals surface area (Å²) in [6.45, 7) is 0.817. The predicted molar refractivity (Wildman–Crippen MR) is 74.5 cm³/mol. The lowest BCUT2D eigenvalue weighted by molar-refractivity contribution is -0.123. The summed E-state index contributed by atoms with van der Waals surface area (Å²) >= 11 is 0. The van der Waals surface area contributed by atoms with E-state index in [-0.39, 0.29) is 41.8 Å². The Bertz CT molecular complexity index is 628. The molecular weight excluding hydrogens is 304 g/mol. The molecule has 1 N–H and O–H groups in total. The largest absolute Gasteiger partial charge is 0.464 e. The Morgan fingerprint density at radius 2 is 2.09 bits per heavy atom. The molecule has 9 nitrogen and oxygen atoms in total. The Morgan fingerprint density at radius 3 is 2.83 bits per heavy atom. The van der Waals surface area contributed by atoms with E-state index in [0.29, 0.717) is 13.2 Å². The Kier molecular flexibility index (Phi) is 3.53. The van der Waals surface area contributed by atoms with Gasteiger partial charge in [-0.15, -0.1) is 5.10 Å². The van der Waals surface area contributed by atoms with E-state index >= 15 is 0 Å². The highest BCUT2D eigenvalue weighted by Crippen LogP contribution is 2.35. The summed E-state index contributed by atoms with van der Waals surface area (Å²) in [6.07, 6.45) is 3.04. The van der Waals surface area contributed by atoms with Crippen LogP contribution in [0.5, 0.6) is 0 Å². The van der Waals surface area contributed by atoms with Crippen molar-refractivity contribution in [2.45, 2.75) is 37.1 Å². The first-order valence-electron chi connectivity index (χ1n) is 7.71. The Hall–Kier alpha value is -2.00. The van der Waals surface area contributed by atoms with Crippen molar-refractivity contribution in [3.05, 3.63) is 11.9 Å². The smallest absolute Gasteiger partial charge is 0.360 e. The molecule has 0 spiro atoms. The van der Waals surface area contributed by atoms with E-state index in [1.54, 1.807) is 4.68 Å². The zero-order valence-electron chi connectivity index (χ0n) is 12.7. The summed E-state index contributed by atoms with van der Waals surface area (Å²) in [5.74, 6) is -0.294. The molecule has 4 atom stereocenters. The van der Waals surface area contributed by atoms with E-state index < -0.39 is 5.97 Å². The second-order valence-electron chi connectivity index (χ2n) is 6.13. The maximum absolute atomic E-state index is 11.9. The molecule has 1 saturated carbocycles. The maximum atomic E-state index is 11.9. The fraction of sp³-hybridized carbons (Fsp3) is 0.714. The second-order valence-corrected chi connectivity index (χ2v) is 6.13. The zero-order chi connectivity index (χ0) is 16.0.